The predicted octanol–water partition coefficient (Wildman–Crippen LogP) is 4.77. The molecule has 30 heavy (non-hydrogen) atoms. The minimum atomic E-state index is -1.50. The van der Waals surface area contributed by atoms with Crippen LogP contribution in [0.25, 0.3) is 49.0 Å². The molecule has 0 atom stereocenters. The zero-order valence-corrected chi connectivity index (χ0v) is 16.2. The average Bonchev–Trinajstić information content (AvgIpc) is 3.12. The fraction of sp³-hybridized carbons (Fsp3) is 0. The summed E-state index contributed by atoms with van der Waals surface area (Å²) < 4.78 is 2.20. The molecule has 0 aliphatic rings. The largest absolute Gasteiger partial charge is 0.488 e. The van der Waals surface area contributed by atoms with E-state index in [9.17, 15) is 10.0 Å². The number of rotatable bonds is 2. The molecule has 1 aromatic heterocycles. The van der Waals surface area contributed by atoms with E-state index in [0.717, 1.165) is 27.5 Å². The number of aromatic nitrogens is 1. The topological polar surface area (TPSA) is 45.4 Å². The van der Waals surface area contributed by atoms with Crippen molar-refractivity contribution in [1.82, 2.24) is 4.57 Å². The predicted molar refractivity (Wildman–Crippen MR) is 126 cm³/mol. The molecular formula is C26H18BNO2. The van der Waals surface area contributed by atoms with E-state index >= 15 is 0 Å². The summed E-state index contributed by atoms with van der Waals surface area (Å²) in [6, 6.07) is 33.2. The molecule has 0 aliphatic carbocycles. The Kier molecular flexibility index (Phi) is 3.72. The van der Waals surface area contributed by atoms with Crippen molar-refractivity contribution in [2.75, 3.05) is 0 Å². The molecule has 5 aromatic carbocycles. The summed E-state index contributed by atoms with van der Waals surface area (Å²) in [5.74, 6) is 0. The van der Waals surface area contributed by atoms with Crippen LogP contribution in [0.1, 0.15) is 0 Å². The smallest absolute Gasteiger partial charge is 0.423 e. The fourth-order valence-electron chi connectivity index (χ4n) is 4.57. The minimum Gasteiger partial charge on any atom is -0.423 e. The van der Waals surface area contributed by atoms with E-state index < -0.39 is 7.12 Å². The van der Waals surface area contributed by atoms with Crippen LogP contribution in [0.15, 0.2) is 97.1 Å². The highest BCUT2D eigenvalue weighted by Crippen LogP contribution is 2.33. The van der Waals surface area contributed by atoms with Gasteiger partial charge in [-0.05, 0) is 51.3 Å². The average molecular weight is 387 g/mol. The molecule has 0 saturated carbocycles. The van der Waals surface area contributed by atoms with Crippen molar-refractivity contribution in [2.45, 2.75) is 0 Å². The van der Waals surface area contributed by atoms with Gasteiger partial charge in [-0.25, -0.2) is 0 Å². The van der Waals surface area contributed by atoms with Crippen LogP contribution < -0.4 is 5.46 Å². The van der Waals surface area contributed by atoms with Crippen molar-refractivity contribution in [3.8, 4) is 5.69 Å². The summed E-state index contributed by atoms with van der Waals surface area (Å²) in [6.45, 7) is 0. The second-order valence-electron chi connectivity index (χ2n) is 7.69. The van der Waals surface area contributed by atoms with Gasteiger partial charge in [0, 0.05) is 16.5 Å². The van der Waals surface area contributed by atoms with Gasteiger partial charge in [-0.2, -0.15) is 0 Å². The lowest BCUT2D eigenvalue weighted by Crippen LogP contribution is -2.29. The van der Waals surface area contributed by atoms with Gasteiger partial charge in [0.1, 0.15) is 0 Å². The first-order chi connectivity index (χ1) is 14.7. The van der Waals surface area contributed by atoms with Crippen molar-refractivity contribution in [3.63, 3.8) is 0 Å². The monoisotopic (exact) mass is 387 g/mol. The lowest BCUT2D eigenvalue weighted by molar-refractivity contribution is 0.426. The summed E-state index contributed by atoms with van der Waals surface area (Å²) in [7, 11) is -1.50. The van der Waals surface area contributed by atoms with Crippen molar-refractivity contribution >= 4 is 55.9 Å². The van der Waals surface area contributed by atoms with E-state index in [0.29, 0.717) is 5.46 Å². The fourth-order valence-corrected chi connectivity index (χ4v) is 4.57. The minimum absolute atomic E-state index is 0.485. The van der Waals surface area contributed by atoms with Crippen LogP contribution in [0.5, 0.6) is 0 Å². The maximum Gasteiger partial charge on any atom is 0.488 e. The van der Waals surface area contributed by atoms with Gasteiger partial charge < -0.3 is 14.6 Å². The number of benzene rings is 5. The number of para-hydroxylation sites is 1. The Balaban J connectivity index is 1.69. The van der Waals surface area contributed by atoms with Crippen molar-refractivity contribution in [2.24, 2.45) is 0 Å². The third kappa shape index (κ3) is 2.48. The van der Waals surface area contributed by atoms with Gasteiger partial charge in [0.2, 0.25) is 0 Å². The molecule has 0 bridgehead atoms. The molecule has 1 heterocycles. The normalized spacial score (nSPS) is 11.7. The summed E-state index contributed by atoms with van der Waals surface area (Å²) in [5, 5.41) is 26.5. The zero-order valence-electron chi connectivity index (χ0n) is 16.2. The highest BCUT2D eigenvalue weighted by Gasteiger charge is 2.17. The third-order valence-corrected chi connectivity index (χ3v) is 5.98. The molecule has 0 aliphatic heterocycles. The van der Waals surface area contributed by atoms with Gasteiger partial charge in [-0.15, -0.1) is 0 Å². The molecule has 2 N–H and O–H groups in total. The Morgan fingerprint density at radius 3 is 2.07 bits per heavy atom. The van der Waals surface area contributed by atoms with Gasteiger partial charge in [-0.1, -0.05) is 72.8 Å². The van der Waals surface area contributed by atoms with Crippen LogP contribution in [0.4, 0.5) is 0 Å². The molecule has 0 unspecified atom stereocenters. The lowest BCUT2D eigenvalue weighted by Gasteiger charge is -2.11. The van der Waals surface area contributed by atoms with Crippen LogP contribution in [0.2, 0.25) is 0 Å². The second-order valence-corrected chi connectivity index (χ2v) is 7.69. The maximum atomic E-state index is 9.71. The first-order valence-electron chi connectivity index (χ1n) is 10.0. The van der Waals surface area contributed by atoms with Crippen LogP contribution in [-0.2, 0) is 0 Å². The van der Waals surface area contributed by atoms with E-state index in [1.165, 1.54) is 21.5 Å². The number of hydrogen-bond acceptors (Lipinski definition) is 2. The molecule has 6 rings (SSSR count). The van der Waals surface area contributed by atoms with Crippen LogP contribution in [0.3, 0.4) is 0 Å². The summed E-state index contributed by atoms with van der Waals surface area (Å²) in [4.78, 5) is 0. The molecule has 6 aromatic rings. The molecule has 0 amide bonds. The highest BCUT2D eigenvalue weighted by molar-refractivity contribution is 6.59. The Morgan fingerprint density at radius 1 is 0.533 bits per heavy atom. The van der Waals surface area contributed by atoms with E-state index in [4.69, 9.17) is 0 Å². The Morgan fingerprint density at radius 2 is 1.20 bits per heavy atom. The quantitative estimate of drug-likeness (QED) is 0.332. The van der Waals surface area contributed by atoms with Gasteiger partial charge in [0.15, 0.2) is 0 Å². The molecule has 142 valence electrons. The van der Waals surface area contributed by atoms with E-state index in [1.807, 2.05) is 24.3 Å². The third-order valence-electron chi connectivity index (χ3n) is 5.98. The van der Waals surface area contributed by atoms with Crippen molar-refractivity contribution in [3.05, 3.63) is 97.1 Å². The van der Waals surface area contributed by atoms with Gasteiger partial charge in [0.25, 0.3) is 0 Å². The Labute approximate surface area is 173 Å². The van der Waals surface area contributed by atoms with Crippen molar-refractivity contribution in [1.29, 1.82) is 0 Å². The second kappa shape index (κ2) is 6.46. The summed E-state index contributed by atoms with van der Waals surface area (Å²) >= 11 is 0. The van der Waals surface area contributed by atoms with Crippen LogP contribution in [-0.4, -0.2) is 21.7 Å². The zero-order chi connectivity index (χ0) is 20.2. The number of nitrogens with zero attached hydrogens (tertiary/aromatic N) is 1. The van der Waals surface area contributed by atoms with E-state index in [2.05, 4.69) is 71.3 Å². The molecular weight excluding hydrogens is 369 g/mol. The van der Waals surface area contributed by atoms with Crippen LogP contribution >= 0.6 is 0 Å². The number of fused-ring (bicyclic) bond motifs is 6. The van der Waals surface area contributed by atoms with Crippen molar-refractivity contribution < 1.29 is 10.0 Å². The Hall–Kier alpha value is -3.60. The Bertz CT molecular complexity index is 1580. The van der Waals surface area contributed by atoms with Gasteiger partial charge in [-0.3, -0.25) is 0 Å². The first-order valence-corrected chi connectivity index (χ1v) is 10.0. The van der Waals surface area contributed by atoms with E-state index in [-0.39, 0.29) is 0 Å². The standard InChI is InChI=1S/C26H18BNO2/c29-27(30)19-11-13-24-23-7-3-4-8-25(23)28(26(24)16-19)20-12-14-22-18(15-20)10-9-17-5-1-2-6-21(17)22/h1-16,29-30H. The summed E-state index contributed by atoms with van der Waals surface area (Å²) in [5.41, 5.74) is 3.59. The molecule has 0 radical (unpaired) electrons. The maximum absolute atomic E-state index is 9.71. The molecule has 4 heteroatoms. The van der Waals surface area contributed by atoms with E-state index in [1.54, 1.807) is 6.07 Å². The summed E-state index contributed by atoms with van der Waals surface area (Å²) in [6.07, 6.45) is 0. The van der Waals surface area contributed by atoms with Gasteiger partial charge >= 0.3 is 7.12 Å². The van der Waals surface area contributed by atoms with Crippen LogP contribution in [0, 0.1) is 0 Å². The SMILES string of the molecule is OB(O)c1ccc2c3ccccc3n(-c3ccc4c(ccc5ccccc54)c3)c2c1. The molecule has 3 nitrogen and oxygen atoms in total. The lowest BCUT2D eigenvalue weighted by atomic mass is 9.80. The first kappa shape index (κ1) is 17.3. The molecule has 0 fully saturated rings. The van der Waals surface area contributed by atoms with Gasteiger partial charge in [0.05, 0.1) is 11.0 Å². The molecule has 0 spiro atoms. The molecule has 0 saturated heterocycles. The highest BCUT2D eigenvalue weighted by atomic mass is 16.4. The number of hydrogen-bond donors (Lipinski definition) is 2.